The van der Waals surface area contributed by atoms with Crippen LogP contribution in [0.2, 0.25) is 0 Å². The number of likely N-dealkylation sites (N-methyl/N-ethyl adjacent to an activating group) is 1. The zero-order chi connectivity index (χ0) is 12.0. The quantitative estimate of drug-likeness (QED) is 0.700. The Kier molecular flexibility index (Phi) is 4.43. The first-order valence-corrected chi connectivity index (χ1v) is 5.10. The average Bonchev–Trinajstić information content (AvgIpc) is 2.81. The molecule has 2 amide bonds. The van der Waals surface area contributed by atoms with Crippen LogP contribution in [0, 0.1) is 0 Å². The van der Waals surface area contributed by atoms with Crippen LogP contribution in [0.25, 0.3) is 0 Å². The first-order chi connectivity index (χ1) is 7.69. The molecule has 0 bridgehead atoms. The fourth-order valence-electron chi connectivity index (χ4n) is 1.25. The van der Waals surface area contributed by atoms with Crippen LogP contribution in [0.4, 0.5) is 0 Å². The molecule has 0 aliphatic carbocycles. The van der Waals surface area contributed by atoms with E-state index in [2.05, 4.69) is 20.7 Å². The van der Waals surface area contributed by atoms with Crippen molar-refractivity contribution in [3.8, 4) is 0 Å². The number of carbonyl (C=O) groups is 2. The lowest BCUT2D eigenvalue weighted by atomic mass is 10.4. The number of rotatable bonds is 5. The summed E-state index contributed by atoms with van der Waals surface area (Å²) in [6.07, 6.45) is 1.30. The molecular weight excluding hydrogens is 210 g/mol. The zero-order valence-electron chi connectivity index (χ0n) is 9.36. The molecule has 0 saturated carbocycles. The van der Waals surface area contributed by atoms with Crippen LogP contribution in [-0.4, -0.2) is 51.8 Å². The number of aromatic amines is 1. The molecule has 0 radical (unpaired) electrons. The van der Waals surface area contributed by atoms with Gasteiger partial charge in [0, 0.05) is 13.1 Å². The normalized spacial score (nSPS) is 9.88. The van der Waals surface area contributed by atoms with Gasteiger partial charge in [-0.25, -0.2) is 0 Å². The molecular formula is C9H15N5O2. The highest BCUT2D eigenvalue weighted by molar-refractivity contribution is 5.94. The monoisotopic (exact) mass is 225 g/mol. The van der Waals surface area contributed by atoms with Crippen LogP contribution in [0.15, 0.2) is 6.20 Å². The van der Waals surface area contributed by atoms with Gasteiger partial charge >= 0.3 is 0 Å². The van der Waals surface area contributed by atoms with E-state index in [1.807, 2.05) is 13.8 Å². The Morgan fingerprint density at radius 2 is 2.12 bits per heavy atom. The topological polar surface area (TPSA) is 91.0 Å². The highest BCUT2D eigenvalue weighted by Crippen LogP contribution is 1.90. The molecule has 1 heterocycles. The first-order valence-electron chi connectivity index (χ1n) is 5.10. The van der Waals surface area contributed by atoms with Crippen molar-refractivity contribution in [2.24, 2.45) is 0 Å². The average molecular weight is 225 g/mol. The van der Waals surface area contributed by atoms with Crippen molar-refractivity contribution in [1.82, 2.24) is 25.6 Å². The van der Waals surface area contributed by atoms with Gasteiger partial charge in [-0.05, 0) is 13.8 Å². The van der Waals surface area contributed by atoms with Gasteiger partial charge in [0.25, 0.3) is 5.91 Å². The standard InChI is InChI=1S/C9H15N5O2/c1-3-14(4-2)8(15)6-10-9(16)7-5-11-13-12-7/h5H,3-4,6H2,1-2H3,(H,10,16)(H,11,12,13). The Labute approximate surface area is 93.2 Å². The number of hydrogen-bond acceptors (Lipinski definition) is 4. The summed E-state index contributed by atoms with van der Waals surface area (Å²) in [6, 6.07) is 0. The third-order valence-electron chi connectivity index (χ3n) is 2.16. The second kappa shape index (κ2) is 5.84. The van der Waals surface area contributed by atoms with E-state index in [1.165, 1.54) is 6.20 Å². The van der Waals surface area contributed by atoms with Gasteiger partial charge in [0.1, 0.15) is 0 Å². The minimum atomic E-state index is -0.408. The minimum Gasteiger partial charge on any atom is -0.342 e. The van der Waals surface area contributed by atoms with Crippen molar-refractivity contribution >= 4 is 11.8 Å². The van der Waals surface area contributed by atoms with Crippen molar-refractivity contribution in [3.05, 3.63) is 11.9 Å². The Morgan fingerprint density at radius 3 is 2.62 bits per heavy atom. The second-order valence-corrected chi connectivity index (χ2v) is 3.10. The molecule has 0 aromatic carbocycles. The van der Waals surface area contributed by atoms with Gasteiger partial charge in [-0.1, -0.05) is 0 Å². The van der Waals surface area contributed by atoms with E-state index in [4.69, 9.17) is 0 Å². The molecule has 0 spiro atoms. The summed E-state index contributed by atoms with van der Waals surface area (Å²) in [6.45, 7) is 5.03. The molecule has 7 nitrogen and oxygen atoms in total. The molecule has 0 aliphatic heterocycles. The molecule has 0 saturated heterocycles. The summed E-state index contributed by atoms with van der Waals surface area (Å²) >= 11 is 0. The molecule has 1 aromatic heterocycles. The van der Waals surface area contributed by atoms with Crippen LogP contribution >= 0.6 is 0 Å². The Bertz CT molecular complexity index is 345. The molecule has 0 atom stereocenters. The Hall–Kier alpha value is -1.92. The lowest BCUT2D eigenvalue weighted by Crippen LogP contribution is -2.40. The number of amides is 2. The van der Waals surface area contributed by atoms with E-state index in [-0.39, 0.29) is 18.1 Å². The first kappa shape index (κ1) is 12.2. The number of carbonyl (C=O) groups excluding carboxylic acids is 2. The second-order valence-electron chi connectivity index (χ2n) is 3.10. The van der Waals surface area contributed by atoms with E-state index in [0.29, 0.717) is 13.1 Å². The van der Waals surface area contributed by atoms with Crippen molar-refractivity contribution in [3.63, 3.8) is 0 Å². The molecule has 1 aromatic rings. The summed E-state index contributed by atoms with van der Waals surface area (Å²) in [5, 5.41) is 11.9. The van der Waals surface area contributed by atoms with Crippen molar-refractivity contribution < 1.29 is 9.59 Å². The summed E-state index contributed by atoms with van der Waals surface area (Å²) in [4.78, 5) is 24.6. The van der Waals surface area contributed by atoms with Crippen LogP contribution in [0.3, 0.4) is 0 Å². The van der Waals surface area contributed by atoms with Crippen molar-refractivity contribution in [2.45, 2.75) is 13.8 Å². The summed E-state index contributed by atoms with van der Waals surface area (Å²) in [5.74, 6) is -0.517. The summed E-state index contributed by atoms with van der Waals surface area (Å²) in [5.41, 5.74) is 0.173. The molecule has 16 heavy (non-hydrogen) atoms. The molecule has 1 rings (SSSR count). The molecule has 0 unspecified atom stereocenters. The minimum absolute atomic E-state index is 0.0205. The van der Waals surface area contributed by atoms with Crippen LogP contribution in [0.5, 0.6) is 0 Å². The maximum absolute atomic E-state index is 11.5. The van der Waals surface area contributed by atoms with E-state index in [1.54, 1.807) is 4.90 Å². The highest BCUT2D eigenvalue weighted by atomic mass is 16.2. The SMILES string of the molecule is CCN(CC)C(=O)CNC(=O)c1cn[nH]n1. The Morgan fingerprint density at radius 1 is 1.44 bits per heavy atom. The largest absolute Gasteiger partial charge is 0.342 e. The number of H-pyrrole nitrogens is 1. The summed E-state index contributed by atoms with van der Waals surface area (Å²) in [7, 11) is 0. The third kappa shape index (κ3) is 3.04. The number of aromatic nitrogens is 3. The van der Waals surface area contributed by atoms with E-state index in [0.717, 1.165) is 0 Å². The fourth-order valence-corrected chi connectivity index (χ4v) is 1.25. The zero-order valence-corrected chi connectivity index (χ0v) is 9.36. The predicted octanol–water partition coefficient (Wildman–Crippen LogP) is -0.597. The number of hydrogen-bond donors (Lipinski definition) is 2. The van der Waals surface area contributed by atoms with Gasteiger partial charge < -0.3 is 10.2 Å². The van der Waals surface area contributed by atoms with Gasteiger partial charge in [-0.3, -0.25) is 9.59 Å². The maximum atomic E-state index is 11.5. The molecule has 0 fully saturated rings. The van der Waals surface area contributed by atoms with Crippen LogP contribution < -0.4 is 5.32 Å². The highest BCUT2D eigenvalue weighted by Gasteiger charge is 2.13. The van der Waals surface area contributed by atoms with Gasteiger partial charge in [-0.15, -0.1) is 0 Å². The van der Waals surface area contributed by atoms with E-state index in [9.17, 15) is 9.59 Å². The molecule has 0 aliphatic rings. The predicted molar refractivity (Wildman–Crippen MR) is 56.6 cm³/mol. The van der Waals surface area contributed by atoms with Crippen LogP contribution in [-0.2, 0) is 4.79 Å². The maximum Gasteiger partial charge on any atom is 0.273 e. The lowest BCUT2D eigenvalue weighted by Gasteiger charge is -2.18. The lowest BCUT2D eigenvalue weighted by molar-refractivity contribution is -0.129. The fraction of sp³-hybridized carbons (Fsp3) is 0.556. The van der Waals surface area contributed by atoms with Gasteiger partial charge in [0.2, 0.25) is 5.91 Å². The van der Waals surface area contributed by atoms with Gasteiger partial charge in [-0.2, -0.15) is 15.4 Å². The van der Waals surface area contributed by atoms with Gasteiger partial charge in [0.15, 0.2) is 5.69 Å². The van der Waals surface area contributed by atoms with E-state index < -0.39 is 5.91 Å². The van der Waals surface area contributed by atoms with Crippen LogP contribution in [0.1, 0.15) is 24.3 Å². The number of nitrogens with zero attached hydrogens (tertiary/aromatic N) is 3. The van der Waals surface area contributed by atoms with Crippen molar-refractivity contribution in [1.29, 1.82) is 0 Å². The molecule has 88 valence electrons. The molecule has 2 N–H and O–H groups in total. The van der Waals surface area contributed by atoms with Gasteiger partial charge in [0.05, 0.1) is 12.7 Å². The molecule has 7 heteroatoms. The smallest absolute Gasteiger partial charge is 0.273 e. The third-order valence-corrected chi connectivity index (χ3v) is 2.16. The Balaban J connectivity index is 2.40. The van der Waals surface area contributed by atoms with Crippen molar-refractivity contribution in [2.75, 3.05) is 19.6 Å². The van der Waals surface area contributed by atoms with E-state index >= 15 is 0 Å². The summed E-state index contributed by atoms with van der Waals surface area (Å²) < 4.78 is 0. The number of nitrogens with one attached hydrogen (secondary N) is 2.